The smallest absolute Gasteiger partial charge is 0.217 e. The first-order chi connectivity index (χ1) is 7.10. The van der Waals surface area contributed by atoms with Crippen molar-refractivity contribution in [1.29, 1.82) is 0 Å². The van der Waals surface area contributed by atoms with Gasteiger partial charge in [-0.05, 0) is 12.8 Å². The van der Waals surface area contributed by atoms with E-state index in [1.807, 2.05) is 0 Å². The highest BCUT2D eigenvalue weighted by Gasteiger charge is 2.27. The molecule has 1 aliphatic rings. The molecule has 0 amide bonds. The first-order valence-electron chi connectivity index (χ1n) is 5.13. The van der Waals surface area contributed by atoms with Gasteiger partial charge < -0.3 is 4.74 Å². The third-order valence-corrected chi connectivity index (χ3v) is 4.40. The van der Waals surface area contributed by atoms with Crippen LogP contribution in [0.25, 0.3) is 0 Å². The van der Waals surface area contributed by atoms with Gasteiger partial charge in [-0.2, -0.15) is 4.31 Å². The normalized spacial score (nSPS) is 21.8. The average Bonchev–Trinajstić information content (AvgIpc) is 2.65. The third-order valence-electron chi connectivity index (χ3n) is 2.43. The van der Waals surface area contributed by atoms with Crippen LogP contribution in [0.4, 0.5) is 0 Å². The Morgan fingerprint density at radius 3 is 2.80 bits per heavy atom. The molecule has 0 radical (unpaired) electrons. The number of hydrogen-bond acceptors (Lipinski definition) is 3. The van der Waals surface area contributed by atoms with Gasteiger partial charge in [-0.3, -0.25) is 0 Å². The van der Waals surface area contributed by atoms with E-state index in [4.69, 9.17) is 11.2 Å². The Balaban J connectivity index is 2.60. The predicted octanol–water partition coefficient (Wildman–Crippen LogP) is 0.450. The van der Waals surface area contributed by atoms with Crippen LogP contribution in [0.5, 0.6) is 0 Å². The molecule has 1 unspecified atom stereocenters. The fourth-order valence-corrected chi connectivity index (χ4v) is 3.23. The van der Waals surface area contributed by atoms with Crippen molar-refractivity contribution in [3.8, 4) is 12.3 Å². The molecular formula is C10H17NO3S. The van der Waals surface area contributed by atoms with Crippen LogP contribution in [-0.4, -0.2) is 44.3 Å². The van der Waals surface area contributed by atoms with Crippen LogP contribution >= 0.6 is 0 Å². The maximum Gasteiger partial charge on any atom is 0.217 e. The number of ether oxygens (including phenoxy) is 1. The van der Waals surface area contributed by atoms with Crippen molar-refractivity contribution in [2.75, 3.05) is 25.4 Å². The van der Waals surface area contributed by atoms with Gasteiger partial charge in [0.1, 0.15) is 0 Å². The summed E-state index contributed by atoms with van der Waals surface area (Å²) in [5.41, 5.74) is 0. The zero-order valence-corrected chi connectivity index (χ0v) is 9.79. The van der Waals surface area contributed by atoms with Crippen LogP contribution in [-0.2, 0) is 14.8 Å². The monoisotopic (exact) mass is 231 g/mol. The van der Waals surface area contributed by atoms with Gasteiger partial charge in [-0.25, -0.2) is 8.42 Å². The minimum atomic E-state index is -3.25. The van der Waals surface area contributed by atoms with E-state index in [0.29, 0.717) is 13.2 Å². The maximum atomic E-state index is 11.9. The van der Waals surface area contributed by atoms with Crippen LogP contribution in [0, 0.1) is 12.3 Å². The Kier molecular flexibility index (Phi) is 4.58. The van der Waals surface area contributed by atoms with E-state index in [1.165, 1.54) is 4.31 Å². The molecular weight excluding hydrogens is 214 g/mol. The van der Waals surface area contributed by atoms with Gasteiger partial charge in [0.2, 0.25) is 10.0 Å². The highest BCUT2D eigenvalue weighted by molar-refractivity contribution is 7.89. The van der Waals surface area contributed by atoms with E-state index in [1.54, 1.807) is 6.92 Å². The Morgan fingerprint density at radius 1 is 1.60 bits per heavy atom. The number of hydrogen-bond donors (Lipinski definition) is 0. The SMILES string of the molecule is C#CCN(CC)S(=O)(=O)CC1CCCO1. The largest absolute Gasteiger partial charge is 0.377 e. The molecule has 0 spiro atoms. The minimum Gasteiger partial charge on any atom is -0.377 e. The second-order valence-electron chi connectivity index (χ2n) is 3.54. The predicted molar refractivity (Wildman–Crippen MR) is 58.8 cm³/mol. The Morgan fingerprint density at radius 2 is 2.33 bits per heavy atom. The summed E-state index contributed by atoms with van der Waals surface area (Å²) in [5.74, 6) is 2.41. The molecule has 1 heterocycles. The summed E-state index contributed by atoms with van der Waals surface area (Å²) in [6, 6.07) is 0. The van der Waals surface area contributed by atoms with Crippen molar-refractivity contribution in [1.82, 2.24) is 4.31 Å². The maximum absolute atomic E-state index is 11.9. The first kappa shape index (κ1) is 12.5. The molecule has 0 aromatic carbocycles. The second-order valence-corrected chi connectivity index (χ2v) is 5.56. The van der Waals surface area contributed by atoms with E-state index in [2.05, 4.69) is 5.92 Å². The van der Waals surface area contributed by atoms with Gasteiger partial charge in [0.05, 0.1) is 18.4 Å². The van der Waals surface area contributed by atoms with Gasteiger partial charge in [0, 0.05) is 13.2 Å². The molecule has 1 saturated heterocycles. The van der Waals surface area contributed by atoms with Crippen LogP contribution in [0.15, 0.2) is 0 Å². The van der Waals surface area contributed by atoms with E-state index >= 15 is 0 Å². The van der Waals surface area contributed by atoms with Crippen LogP contribution in [0.2, 0.25) is 0 Å². The van der Waals surface area contributed by atoms with Gasteiger partial charge >= 0.3 is 0 Å². The molecule has 1 aliphatic heterocycles. The lowest BCUT2D eigenvalue weighted by atomic mass is 10.3. The summed E-state index contributed by atoms with van der Waals surface area (Å²) < 4.78 is 30.3. The van der Waals surface area contributed by atoms with E-state index < -0.39 is 10.0 Å². The highest BCUT2D eigenvalue weighted by Crippen LogP contribution is 2.15. The molecule has 1 fully saturated rings. The number of terminal acetylenes is 1. The van der Waals surface area contributed by atoms with E-state index in [0.717, 1.165) is 12.8 Å². The first-order valence-corrected chi connectivity index (χ1v) is 6.74. The molecule has 15 heavy (non-hydrogen) atoms. The fourth-order valence-electron chi connectivity index (χ4n) is 1.62. The number of sulfonamides is 1. The van der Waals surface area contributed by atoms with Gasteiger partial charge in [0.15, 0.2) is 0 Å². The lowest BCUT2D eigenvalue weighted by Crippen LogP contribution is -2.36. The molecule has 0 aromatic heterocycles. The molecule has 0 saturated carbocycles. The summed E-state index contributed by atoms with van der Waals surface area (Å²) in [4.78, 5) is 0. The Hall–Kier alpha value is -0.570. The number of nitrogens with zero attached hydrogens (tertiary/aromatic N) is 1. The second kappa shape index (κ2) is 5.50. The lowest BCUT2D eigenvalue weighted by molar-refractivity contribution is 0.126. The van der Waals surface area contributed by atoms with Crippen molar-refractivity contribution >= 4 is 10.0 Å². The van der Waals surface area contributed by atoms with Gasteiger partial charge in [0.25, 0.3) is 0 Å². The zero-order chi connectivity index (χ0) is 11.3. The van der Waals surface area contributed by atoms with Crippen molar-refractivity contribution in [2.24, 2.45) is 0 Å². The van der Waals surface area contributed by atoms with Crippen LogP contribution < -0.4 is 0 Å². The van der Waals surface area contributed by atoms with Crippen LogP contribution in [0.3, 0.4) is 0 Å². The summed E-state index contributed by atoms with van der Waals surface area (Å²) in [5, 5.41) is 0. The standard InChI is InChI=1S/C10H17NO3S/c1-3-7-11(4-2)15(12,13)9-10-6-5-8-14-10/h1,10H,4-9H2,2H3. The Labute approximate surface area is 91.7 Å². The molecule has 0 aliphatic carbocycles. The molecule has 1 atom stereocenters. The summed E-state index contributed by atoms with van der Waals surface area (Å²) in [6.45, 7) is 3.01. The molecule has 5 heteroatoms. The molecule has 4 nitrogen and oxygen atoms in total. The number of rotatable bonds is 5. The summed E-state index contributed by atoms with van der Waals surface area (Å²) in [6.07, 6.45) is 6.74. The van der Waals surface area contributed by atoms with Gasteiger partial charge in [-0.15, -0.1) is 6.42 Å². The molecule has 0 N–H and O–H groups in total. The van der Waals surface area contributed by atoms with Crippen molar-refractivity contribution in [3.63, 3.8) is 0 Å². The topological polar surface area (TPSA) is 46.6 Å². The van der Waals surface area contributed by atoms with Crippen LogP contribution in [0.1, 0.15) is 19.8 Å². The summed E-state index contributed by atoms with van der Waals surface area (Å²) >= 11 is 0. The quantitative estimate of drug-likeness (QED) is 0.645. The zero-order valence-electron chi connectivity index (χ0n) is 8.98. The molecule has 0 bridgehead atoms. The molecule has 0 aromatic rings. The fraction of sp³-hybridized carbons (Fsp3) is 0.800. The third kappa shape index (κ3) is 3.49. The summed E-state index contributed by atoms with van der Waals surface area (Å²) in [7, 11) is -3.25. The van der Waals surface area contributed by atoms with E-state index in [-0.39, 0.29) is 18.4 Å². The minimum absolute atomic E-state index is 0.0581. The average molecular weight is 231 g/mol. The molecule has 86 valence electrons. The lowest BCUT2D eigenvalue weighted by Gasteiger charge is -2.19. The van der Waals surface area contributed by atoms with Crippen molar-refractivity contribution in [3.05, 3.63) is 0 Å². The van der Waals surface area contributed by atoms with Gasteiger partial charge in [-0.1, -0.05) is 12.8 Å². The molecule has 1 rings (SSSR count). The van der Waals surface area contributed by atoms with Crippen molar-refractivity contribution < 1.29 is 13.2 Å². The highest BCUT2D eigenvalue weighted by atomic mass is 32.2. The van der Waals surface area contributed by atoms with E-state index in [9.17, 15) is 8.42 Å². The van der Waals surface area contributed by atoms with Crippen molar-refractivity contribution in [2.45, 2.75) is 25.9 Å². The Bertz CT molecular complexity index is 325.